The van der Waals surface area contributed by atoms with Gasteiger partial charge in [-0.2, -0.15) is 17.0 Å². The van der Waals surface area contributed by atoms with Crippen molar-refractivity contribution < 1.29 is 22.5 Å². The average Bonchev–Trinajstić information content (AvgIpc) is 3.12. The second kappa shape index (κ2) is 10.1. The third-order valence-electron chi connectivity index (χ3n) is 5.06. The Labute approximate surface area is 180 Å². The van der Waals surface area contributed by atoms with E-state index >= 15 is 0 Å². The highest BCUT2D eigenvalue weighted by atomic mass is 32.2. The molecule has 0 radical (unpaired) electrons. The molecule has 3 rings (SSSR count). The lowest BCUT2D eigenvalue weighted by molar-refractivity contribution is -0.129. The molecule has 1 aromatic rings. The number of nitrogens with zero attached hydrogens (tertiary/aromatic N) is 5. The number of rotatable bonds is 7. The largest absolute Gasteiger partial charge is 0.360 e. The van der Waals surface area contributed by atoms with E-state index in [1.54, 1.807) is 17.9 Å². The lowest BCUT2D eigenvalue weighted by Crippen LogP contribution is -2.57. The maximum atomic E-state index is 12.8. The number of aromatic nitrogens is 1. The zero-order chi connectivity index (χ0) is 21.7. The summed E-state index contributed by atoms with van der Waals surface area (Å²) in [6.45, 7) is 5.45. The minimum atomic E-state index is -3.48. The molecule has 2 aliphatic rings. The number of aryl methyl sites for hydroxylation is 1. The Morgan fingerprint density at radius 1 is 1.07 bits per heavy atom. The summed E-state index contributed by atoms with van der Waals surface area (Å²) in [5.41, 5.74) is 0. The van der Waals surface area contributed by atoms with Gasteiger partial charge in [-0.25, -0.2) is 0 Å². The fraction of sp³-hybridized carbons (Fsp3) is 0.706. The van der Waals surface area contributed by atoms with E-state index in [0.29, 0.717) is 37.8 Å². The third-order valence-corrected chi connectivity index (χ3v) is 8.01. The lowest BCUT2D eigenvalue weighted by Gasteiger charge is -2.39. The number of anilines is 1. The number of carbonyl (C=O) groups is 2. The Balaban J connectivity index is 1.38. The molecule has 168 valence electrons. The molecule has 0 spiro atoms. The van der Waals surface area contributed by atoms with Gasteiger partial charge in [-0.05, 0) is 14.0 Å². The second-order valence-electron chi connectivity index (χ2n) is 7.35. The topological polar surface area (TPSA) is 119 Å². The molecule has 0 bridgehead atoms. The highest BCUT2D eigenvalue weighted by molar-refractivity contribution is 8.00. The Bertz CT molecular complexity index is 845. The molecule has 30 heavy (non-hydrogen) atoms. The number of hydrogen-bond donors (Lipinski definition) is 1. The van der Waals surface area contributed by atoms with Gasteiger partial charge in [-0.1, -0.05) is 5.16 Å². The molecule has 3 heterocycles. The van der Waals surface area contributed by atoms with Crippen molar-refractivity contribution in [2.45, 2.75) is 6.92 Å². The highest BCUT2D eigenvalue weighted by Crippen LogP contribution is 2.15. The van der Waals surface area contributed by atoms with Crippen LogP contribution in [0.25, 0.3) is 0 Å². The first kappa shape index (κ1) is 23.0. The van der Waals surface area contributed by atoms with Crippen molar-refractivity contribution >= 4 is 39.6 Å². The van der Waals surface area contributed by atoms with Gasteiger partial charge in [-0.3, -0.25) is 9.59 Å². The summed E-state index contributed by atoms with van der Waals surface area (Å²) < 4.78 is 33.4. The van der Waals surface area contributed by atoms with Crippen molar-refractivity contribution in [3.05, 3.63) is 11.8 Å². The molecule has 2 saturated heterocycles. The minimum absolute atomic E-state index is 0.0956. The maximum absolute atomic E-state index is 12.8. The van der Waals surface area contributed by atoms with E-state index in [1.807, 2.05) is 7.05 Å². The fourth-order valence-electron chi connectivity index (χ4n) is 3.28. The first-order valence-electron chi connectivity index (χ1n) is 9.78. The van der Waals surface area contributed by atoms with Crippen LogP contribution in [0.3, 0.4) is 0 Å². The molecule has 2 aliphatic heterocycles. The van der Waals surface area contributed by atoms with Gasteiger partial charge in [-0.15, -0.1) is 11.8 Å². The van der Waals surface area contributed by atoms with Gasteiger partial charge in [0.15, 0.2) is 5.82 Å². The monoisotopic (exact) mass is 460 g/mol. The van der Waals surface area contributed by atoms with Crippen LogP contribution in [0.15, 0.2) is 10.6 Å². The summed E-state index contributed by atoms with van der Waals surface area (Å²) >= 11 is 1.21. The summed E-state index contributed by atoms with van der Waals surface area (Å²) in [6.07, 6.45) is 0. The standard InChI is InChI=1S/C17H28N6O5S2/c1-14-11-15(19-28-14)18-16(24)12-29-13-17(25)21-5-9-23(10-6-21)30(26,27)22-7-3-20(2)4-8-22/h11H,3-10,12-13H2,1-2H3,(H,18,19,24). The number of carbonyl (C=O) groups excluding carboxylic acids is 2. The van der Waals surface area contributed by atoms with E-state index in [-0.39, 0.29) is 36.4 Å². The van der Waals surface area contributed by atoms with Crippen molar-refractivity contribution in [2.24, 2.45) is 0 Å². The van der Waals surface area contributed by atoms with Crippen molar-refractivity contribution in [1.82, 2.24) is 23.6 Å². The summed E-state index contributed by atoms with van der Waals surface area (Å²) in [5.74, 6) is 0.876. The maximum Gasteiger partial charge on any atom is 0.282 e. The Kier molecular flexibility index (Phi) is 7.74. The van der Waals surface area contributed by atoms with Crippen molar-refractivity contribution in [3.63, 3.8) is 0 Å². The average molecular weight is 461 g/mol. The summed E-state index contributed by atoms with van der Waals surface area (Å²) in [4.78, 5) is 28.0. The zero-order valence-corrected chi connectivity index (χ0v) is 18.9. The Hall–Kier alpha value is -1.67. The van der Waals surface area contributed by atoms with Gasteiger partial charge >= 0.3 is 0 Å². The van der Waals surface area contributed by atoms with E-state index in [1.165, 1.54) is 20.4 Å². The van der Waals surface area contributed by atoms with Gasteiger partial charge in [0.25, 0.3) is 10.2 Å². The molecule has 11 nitrogen and oxygen atoms in total. The minimum Gasteiger partial charge on any atom is -0.360 e. The summed E-state index contributed by atoms with van der Waals surface area (Å²) in [5, 5.41) is 6.29. The zero-order valence-electron chi connectivity index (χ0n) is 17.2. The van der Waals surface area contributed by atoms with Crippen LogP contribution in [0.4, 0.5) is 5.82 Å². The Morgan fingerprint density at radius 2 is 1.67 bits per heavy atom. The van der Waals surface area contributed by atoms with E-state index < -0.39 is 10.2 Å². The molecule has 1 N–H and O–H groups in total. The first-order chi connectivity index (χ1) is 14.3. The van der Waals surface area contributed by atoms with Crippen LogP contribution in [0, 0.1) is 6.92 Å². The van der Waals surface area contributed by atoms with E-state index in [2.05, 4.69) is 15.4 Å². The number of amides is 2. The molecule has 0 unspecified atom stereocenters. The lowest BCUT2D eigenvalue weighted by atomic mass is 10.3. The van der Waals surface area contributed by atoms with E-state index in [4.69, 9.17) is 4.52 Å². The quantitative estimate of drug-likeness (QED) is 0.567. The molecule has 2 fully saturated rings. The van der Waals surface area contributed by atoms with Gasteiger partial charge in [0.1, 0.15) is 5.76 Å². The normalized spacial score (nSPS) is 19.7. The molecule has 0 saturated carbocycles. The smallest absolute Gasteiger partial charge is 0.282 e. The SMILES string of the molecule is Cc1cc(NC(=O)CSCC(=O)N2CCN(S(=O)(=O)N3CCN(C)CC3)CC2)no1. The summed E-state index contributed by atoms with van der Waals surface area (Å²) in [6, 6.07) is 1.61. The molecule has 0 aliphatic carbocycles. The Morgan fingerprint density at radius 3 is 2.23 bits per heavy atom. The van der Waals surface area contributed by atoms with Crippen LogP contribution in [-0.4, -0.2) is 115 Å². The van der Waals surface area contributed by atoms with E-state index in [0.717, 1.165) is 13.1 Å². The van der Waals surface area contributed by atoms with Gasteiger partial charge in [0.2, 0.25) is 11.8 Å². The molecule has 1 aromatic heterocycles. The molecule has 13 heteroatoms. The van der Waals surface area contributed by atoms with E-state index in [9.17, 15) is 18.0 Å². The van der Waals surface area contributed by atoms with Crippen LogP contribution in [0.1, 0.15) is 5.76 Å². The number of hydrogen-bond acceptors (Lipinski definition) is 8. The van der Waals surface area contributed by atoms with Crippen LogP contribution in [0.2, 0.25) is 0 Å². The molecular formula is C17H28N6O5S2. The van der Waals surface area contributed by atoms with Crippen molar-refractivity contribution in [3.8, 4) is 0 Å². The van der Waals surface area contributed by atoms with Crippen molar-refractivity contribution in [2.75, 3.05) is 76.2 Å². The van der Waals surface area contributed by atoms with Crippen LogP contribution in [0.5, 0.6) is 0 Å². The van der Waals surface area contributed by atoms with Gasteiger partial charge < -0.3 is 19.6 Å². The predicted molar refractivity (Wildman–Crippen MR) is 113 cm³/mol. The summed E-state index contributed by atoms with van der Waals surface area (Å²) in [7, 11) is -1.51. The van der Waals surface area contributed by atoms with Crippen LogP contribution in [-0.2, 0) is 19.8 Å². The third kappa shape index (κ3) is 5.94. The fourth-order valence-corrected chi connectivity index (χ4v) is 5.57. The number of likely N-dealkylation sites (N-methyl/N-ethyl adjacent to an activating group) is 1. The van der Waals surface area contributed by atoms with Crippen LogP contribution >= 0.6 is 11.8 Å². The highest BCUT2D eigenvalue weighted by Gasteiger charge is 2.34. The number of nitrogens with one attached hydrogen (secondary N) is 1. The number of thioether (sulfide) groups is 1. The molecule has 0 atom stereocenters. The molecular weight excluding hydrogens is 432 g/mol. The van der Waals surface area contributed by atoms with Crippen LogP contribution < -0.4 is 5.32 Å². The molecule has 0 aromatic carbocycles. The predicted octanol–water partition coefficient (Wildman–Crippen LogP) is -0.709. The van der Waals surface area contributed by atoms with Crippen molar-refractivity contribution in [1.29, 1.82) is 0 Å². The number of piperazine rings is 2. The first-order valence-corrected chi connectivity index (χ1v) is 12.3. The second-order valence-corrected chi connectivity index (χ2v) is 10.3. The molecule has 2 amide bonds. The van der Waals surface area contributed by atoms with Gasteiger partial charge in [0.05, 0.1) is 11.5 Å². The van der Waals surface area contributed by atoms with Gasteiger partial charge in [0, 0.05) is 58.4 Å².